The van der Waals surface area contributed by atoms with Gasteiger partial charge in [-0.05, 0) is 31.2 Å². The number of allylic oxidation sites excluding steroid dienone is 1. The first kappa shape index (κ1) is 19.2. The van der Waals surface area contributed by atoms with Gasteiger partial charge in [0.15, 0.2) is 0 Å². The van der Waals surface area contributed by atoms with Crippen LogP contribution in [-0.4, -0.2) is 44.3 Å². The summed E-state index contributed by atoms with van der Waals surface area (Å²) in [6.45, 7) is 0.400. The third-order valence-corrected chi connectivity index (χ3v) is 5.29. The lowest BCUT2D eigenvalue weighted by molar-refractivity contribution is 0.0613. The molecule has 1 saturated carbocycles. The number of hydrogen-bond acceptors (Lipinski definition) is 7. The summed E-state index contributed by atoms with van der Waals surface area (Å²) in [5.74, 6) is -0.990. The van der Waals surface area contributed by atoms with E-state index in [0.29, 0.717) is 23.4 Å². The molecular weight excluding hydrogens is 382 g/mol. The van der Waals surface area contributed by atoms with Crippen LogP contribution in [-0.2, 0) is 6.54 Å². The van der Waals surface area contributed by atoms with Crippen molar-refractivity contribution in [3.05, 3.63) is 41.7 Å². The van der Waals surface area contributed by atoms with Gasteiger partial charge >= 0.3 is 6.43 Å². The van der Waals surface area contributed by atoms with Gasteiger partial charge < -0.3 is 20.0 Å². The summed E-state index contributed by atoms with van der Waals surface area (Å²) < 4.78 is 30.3. The lowest BCUT2D eigenvalue weighted by Gasteiger charge is -2.38. The number of nitrogens with one attached hydrogen (secondary N) is 2. The van der Waals surface area contributed by atoms with Gasteiger partial charge in [0.1, 0.15) is 0 Å². The van der Waals surface area contributed by atoms with E-state index in [9.17, 15) is 13.6 Å². The molecule has 0 spiro atoms. The van der Waals surface area contributed by atoms with Crippen LogP contribution in [0.4, 0.5) is 8.78 Å². The van der Waals surface area contributed by atoms with Crippen molar-refractivity contribution in [2.45, 2.75) is 50.7 Å². The van der Waals surface area contributed by atoms with E-state index in [2.05, 4.69) is 20.5 Å². The van der Waals surface area contributed by atoms with Crippen LogP contribution >= 0.6 is 0 Å². The average Bonchev–Trinajstić information content (AvgIpc) is 3.34. The van der Waals surface area contributed by atoms with Gasteiger partial charge in [-0.25, -0.2) is 0 Å². The molecule has 2 aliphatic rings. The van der Waals surface area contributed by atoms with Gasteiger partial charge in [-0.1, -0.05) is 12.8 Å². The highest BCUT2D eigenvalue weighted by Gasteiger charge is 2.38. The van der Waals surface area contributed by atoms with Crippen molar-refractivity contribution < 1.29 is 18.0 Å². The number of aromatic nitrogens is 3. The predicted octanol–water partition coefficient (Wildman–Crippen LogP) is 3.09. The predicted molar refractivity (Wildman–Crippen MR) is 99.5 cm³/mol. The molecule has 2 aromatic rings. The van der Waals surface area contributed by atoms with Crippen molar-refractivity contribution >= 4 is 12.1 Å². The first-order chi connectivity index (χ1) is 14.1. The Bertz CT molecular complexity index is 945. The molecule has 29 heavy (non-hydrogen) atoms. The van der Waals surface area contributed by atoms with Gasteiger partial charge in [-0.15, -0.1) is 10.2 Å². The lowest BCUT2D eigenvalue weighted by Crippen LogP contribution is -2.50. The minimum atomic E-state index is -2.85. The summed E-state index contributed by atoms with van der Waals surface area (Å²) in [6, 6.07) is 1.69. The maximum Gasteiger partial charge on any atom is 0.314 e. The second kappa shape index (κ2) is 8.06. The zero-order valence-electron chi connectivity index (χ0n) is 15.5. The Morgan fingerprint density at radius 2 is 2.14 bits per heavy atom. The van der Waals surface area contributed by atoms with E-state index in [1.165, 1.54) is 12.4 Å². The van der Waals surface area contributed by atoms with Crippen LogP contribution in [0, 0.1) is 5.41 Å². The SMILES string of the molecule is N=C/C=C\N[C@@H]1CCCC[C@H]1N1Cc2ncc(-c3nnc(C(F)F)o3)cc2C1=O. The summed E-state index contributed by atoms with van der Waals surface area (Å²) in [7, 11) is 0. The minimum absolute atomic E-state index is 0.0122. The Labute approximate surface area is 165 Å². The highest BCUT2D eigenvalue weighted by Crippen LogP contribution is 2.32. The minimum Gasteiger partial charge on any atom is -0.415 e. The fourth-order valence-corrected chi connectivity index (χ4v) is 3.92. The molecule has 0 saturated heterocycles. The summed E-state index contributed by atoms with van der Waals surface area (Å²) in [4.78, 5) is 19.2. The maximum atomic E-state index is 13.1. The molecule has 0 bridgehead atoms. The molecule has 1 fully saturated rings. The number of fused-ring (bicyclic) bond motifs is 1. The Morgan fingerprint density at radius 3 is 2.90 bits per heavy atom. The number of hydrogen-bond donors (Lipinski definition) is 2. The van der Waals surface area contributed by atoms with E-state index < -0.39 is 12.3 Å². The Balaban J connectivity index is 1.56. The molecule has 0 aromatic carbocycles. The number of nitrogens with zero attached hydrogens (tertiary/aromatic N) is 4. The van der Waals surface area contributed by atoms with E-state index in [1.807, 2.05) is 4.90 Å². The van der Waals surface area contributed by atoms with E-state index >= 15 is 0 Å². The van der Waals surface area contributed by atoms with Gasteiger partial charge in [0.2, 0.25) is 5.89 Å². The third kappa shape index (κ3) is 3.74. The zero-order chi connectivity index (χ0) is 20.4. The highest BCUT2D eigenvalue weighted by molar-refractivity contribution is 5.99. The van der Waals surface area contributed by atoms with E-state index in [0.717, 1.165) is 25.7 Å². The fourth-order valence-electron chi connectivity index (χ4n) is 3.92. The Morgan fingerprint density at radius 1 is 1.31 bits per heavy atom. The summed E-state index contributed by atoms with van der Waals surface area (Å²) in [5, 5.41) is 17.3. The van der Waals surface area contributed by atoms with Crippen molar-refractivity contribution in [3.8, 4) is 11.5 Å². The maximum absolute atomic E-state index is 13.1. The molecule has 2 atom stereocenters. The number of carbonyl (C=O) groups excluding carboxylic acids is 1. The number of halogens is 2. The zero-order valence-corrected chi connectivity index (χ0v) is 15.5. The Kier molecular flexibility index (Phi) is 5.32. The standard InChI is InChI=1S/C19H20F2N6O2/c20-16(21)18-26-25-17(29-18)11-8-12-14(24-9-11)10-27(19(12)28)15-5-2-1-4-13(15)23-7-3-6-22/h3,6-9,13,15-16,22-23H,1-2,4-5,10H2/b7-3-,22-6?/t13-,15-/m1/s1. The van der Waals surface area contributed by atoms with Crippen LogP contribution in [0.15, 0.2) is 29.0 Å². The molecule has 0 radical (unpaired) electrons. The highest BCUT2D eigenvalue weighted by atomic mass is 19.3. The topological polar surface area (TPSA) is 108 Å². The second-order valence-corrected chi connectivity index (χ2v) is 7.05. The van der Waals surface area contributed by atoms with E-state index in [-0.39, 0.29) is 23.9 Å². The quantitative estimate of drug-likeness (QED) is 0.719. The smallest absolute Gasteiger partial charge is 0.314 e. The van der Waals surface area contributed by atoms with E-state index in [1.54, 1.807) is 18.3 Å². The number of pyridine rings is 1. The number of carbonyl (C=O) groups is 1. The second-order valence-electron chi connectivity index (χ2n) is 7.05. The molecular formula is C19H20F2N6O2. The van der Waals surface area contributed by atoms with Crippen LogP contribution < -0.4 is 5.32 Å². The molecule has 4 rings (SSSR count). The molecule has 2 N–H and O–H groups in total. The van der Waals surface area contributed by atoms with Gasteiger partial charge in [-0.3, -0.25) is 9.78 Å². The molecule has 1 aliphatic carbocycles. The molecule has 1 amide bonds. The van der Waals surface area contributed by atoms with Gasteiger partial charge in [0.05, 0.1) is 29.4 Å². The Hall–Kier alpha value is -3.17. The van der Waals surface area contributed by atoms with Crippen LogP contribution in [0.1, 0.15) is 54.1 Å². The molecule has 1 aliphatic heterocycles. The van der Waals surface area contributed by atoms with Crippen molar-refractivity contribution in [3.63, 3.8) is 0 Å². The summed E-state index contributed by atoms with van der Waals surface area (Å²) in [5.41, 5.74) is 1.41. The van der Waals surface area contributed by atoms with Crippen molar-refractivity contribution in [2.24, 2.45) is 0 Å². The van der Waals surface area contributed by atoms with E-state index in [4.69, 9.17) is 9.83 Å². The largest absolute Gasteiger partial charge is 0.415 e. The number of alkyl halides is 2. The third-order valence-electron chi connectivity index (χ3n) is 5.29. The monoisotopic (exact) mass is 402 g/mol. The summed E-state index contributed by atoms with van der Waals surface area (Å²) >= 11 is 0. The van der Waals surface area contributed by atoms with Gasteiger partial charge in [-0.2, -0.15) is 8.78 Å². The lowest BCUT2D eigenvalue weighted by atomic mass is 9.89. The molecule has 8 nitrogen and oxygen atoms in total. The first-order valence-electron chi connectivity index (χ1n) is 9.42. The molecule has 0 unspecified atom stereocenters. The van der Waals surface area contributed by atoms with Crippen LogP contribution in [0.25, 0.3) is 11.5 Å². The number of amides is 1. The molecule has 10 heteroatoms. The first-order valence-corrected chi connectivity index (χ1v) is 9.42. The fraction of sp³-hybridized carbons (Fsp3) is 0.421. The average molecular weight is 402 g/mol. The molecule has 2 aromatic heterocycles. The normalized spacial score (nSPS) is 21.8. The summed E-state index contributed by atoms with van der Waals surface area (Å²) in [6.07, 6.45) is 7.07. The van der Waals surface area contributed by atoms with Crippen LogP contribution in [0.5, 0.6) is 0 Å². The van der Waals surface area contributed by atoms with Crippen molar-refractivity contribution in [1.29, 1.82) is 5.41 Å². The molecule has 3 heterocycles. The van der Waals surface area contributed by atoms with Crippen molar-refractivity contribution in [1.82, 2.24) is 25.4 Å². The van der Waals surface area contributed by atoms with Crippen molar-refractivity contribution in [2.75, 3.05) is 0 Å². The van der Waals surface area contributed by atoms with Gasteiger partial charge in [0, 0.05) is 18.5 Å². The molecule has 152 valence electrons. The van der Waals surface area contributed by atoms with Crippen LogP contribution in [0.2, 0.25) is 0 Å². The number of rotatable bonds is 6. The van der Waals surface area contributed by atoms with Gasteiger partial charge in [0.25, 0.3) is 11.8 Å². The van der Waals surface area contributed by atoms with Crippen LogP contribution in [0.3, 0.4) is 0 Å².